The number of rotatable bonds is 4. The highest BCUT2D eigenvalue weighted by atomic mass is 35.5. The van der Waals surface area contributed by atoms with Crippen molar-refractivity contribution in [2.75, 3.05) is 5.32 Å². The summed E-state index contributed by atoms with van der Waals surface area (Å²) in [5.41, 5.74) is 3.64. The zero-order valence-corrected chi connectivity index (χ0v) is 12.9. The average molecular weight is 296 g/mol. The lowest BCUT2D eigenvalue weighted by Crippen LogP contribution is -2.10. The molecule has 0 fully saturated rings. The second kappa shape index (κ2) is 5.83. The van der Waals surface area contributed by atoms with Crippen molar-refractivity contribution >= 4 is 17.3 Å². The van der Waals surface area contributed by atoms with E-state index in [0.29, 0.717) is 10.7 Å². The molecule has 5 heteroatoms. The van der Waals surface area contributed by atoms with Crippen molar-refractivity contribution in [3.05, 3.63) is 46.0 Å². The molecule has 1 unspecified atom stereocenters. The summed E-state index contributed by atoms with van der Waals surface area (Å²) in [6.45, 7) is 8.90. The van der Waals surface area contributed by atoms with Crippen LogP contribution in [0.5, 0.6) is 0 Å². The summed E-state index contributed by atoms with van der Waals surface area (Å²) in [6.07, 6.45) is 0. The lowest BCUT2D eigenvalue weighted by atomic mass is 10.1. The number of nitrogens with zero attached hydrogens (tertiary/aromatic N) is 2. The Hall–Kier alpha value is -1.55. The maximum absolute atomic E-state index is 13.8. The van der Waals surface area contributed by atoms with Crippen molar-refractivity contribution in [3.8, 4) is 0 Å². The topological polar surface area (TPSA) is 29.9 Å². The molecule has 1 aromatic heterocycles. The van der Waals surface area contributed by atoms with Crippen molar-refractivity contribution in [2.45, 2.75) is 40.3 Å². The number of nitrogens with one attached hydrogen (secondary N) is 1. The van der Waals surface area contributed by atoms with E-state index in [1.54, 1.807) is 12.1 Å². The molecule has 0 radical (unpaired) electrons. The van der Waals surface area contributed by atoms with Crippen LogP contribution >= 0.6 is 11.6 Å². The zero-order chi connectivity index (χ0) is 14.9. The lowest BCUT2D eigenvalue weighted by molar-refractivity contribution is 0.626. The predicted molar refractivity (Wildman–Crippen MR) is 80.8 cm³/mol. The third-order valence-electron chi connectivity index (χ3n) is 3.47. The summed E-state index contributed by atoms with van der Waals surface area (Å²) in [7, 11) is 0. The molecule has 2 aromatic rings. The monoisotopic (exact) mass is 295 g/mol. The van der Waals surface area contributed by atoms with Gasteiger partial charge in [-0.05, 0) is 45.9 Å². The summed E-state index contributed by atoms with van der Waals surface area (Å²) in [6, 6.07) is 4.62. The van der Waals surface area contributed by atoms with Crippen LogP contribution in [0.1, 0.15) is 36.8 Å². The summed E-state index contributed by atoms with van der Waals surface area (Å²) in [5, 5.41) is 8.07. The largest absolute Gasteiger partial charge is 0.376 e. The first-order valence-corrected chi connectivity index (χ1v) is 7.07. The van der Waals surface area contributed by atoms with Gasteiger partial charge in [0, 0.05) is 22.8 Å². The Morgan fingerprint density at radius 3 is 2.65 bits per heavy atom. The molecule has 1 aromatic carbocycles. The van der Waals surface area contributed by atoms with E-state index in [9.17, 15) is 4.39 Å². The van der Waals surface area contributed by atoms with Gasteiger partial charge in [0.05, 0.1) is 17.4 Å². The zero-order valence-electron chi connectivity index (χ0n) is 12.2. The van der Waals surface area contributed by atoms with E-state index >= 15 is 0 Å². The van der Waals surface area contributed by atoms with Gasteiger partial charge in [0.25, 0.3) is 0 Å². The van der Waals surface area contributed by atoms with Gasteiger partial charge in [-0.15, -0.1) is 0 Å². The van der Waals surface area contributed by atoms with Crippen LogP contribution in [-0.2, 0) is 6.54 Å². The molecule has 0 amide bonds. The van der Waals surface area contributed by atoms with Gasteiger partial charge in [0.15, 0.2) is 0 Å². The number of aryl methyl sites for hydroxylation is 2. The van der Waals surface area contributed by atoms with Crippen LogP contribution in [0.25, 0.3) is 0 Å². The number of hydrogen-bond acceptors (Lipinski definition) is 2. The molecule has 0 bridgehead atoms. The van der Waals surface area contributed by atoms with Gasteiger partial charge in [-0.25, -0.2) is 4.39 Å². The quantitative estimate of drug-likeness (QED) is 0.901. The third-order valence-corrected chi connectivity index (χ3v) is 3.71. The Labute approximate surface area is 123 Å². The fraction of sp³-hybridized carbons (Fsp3) is 0.400. The Morgan fingerprint density at radius 2 is 2.10 bits per heavy atom. The van der Waals surface area contributed by atoms with E-state index in [1.807, 2.05) is 25.5 Å². The van der Waals surface area contributed by atoms with Crippen molar-refractivity contribution in [1.29, 1.82) is 0 Å². The second-order valence-corrected chi connectivity index (χ2v) is 5.33. The highest BCUT2D eigenvalue weighted by Gasteiger charge is 2.17. The molecule has 0 saturated heterocycles. The Balaban J connectivity index is 2.28. The molecule has 2 rings (SSSR count). The van der Waals surface area contributed by atoms with E-state index in [4.69, 9.17) is 11.6 Å². The highest BCUT2D eigenvalue weighted by Crippen LogP contribution is 2.27. The number of aromatic nitrogens is 2. The second-order valence-electron chi connectivity index (χ2n) is 4.89. The number of hydrogen-bond donors (Lipinski definition) is 1. The molecule has 1 atom stereocenters. The smallest absolute Gasteiger partial charge is 0.147 e. The van der Waals surface area contributed by atoms with Crippen LogP contribution in [0, 0.1) is 19.7 Å². The molecule has 0 spiro atoms. The van der Waals surface area contributed by atoms with E-state index in [1.165, 1.54) is 6.07 Å². The average Bonchev–Trinajstić information content (AvgIpc) is 2.67. The number of halogens is 2. The van der Waals surface area contributed by atoms with Crippen LogP contribution < -0.4 is 5.32 Å². The number of benzene rings is 1. The predicted octanol–water partition coefficient (Wildman–Crippen LogP) is 4.49. The number of anilines is 1. The van der Waals surface area contributed by atoms with Gasteiger partial charge < -0.3 is 5.32 Å². The SMILES string of the molecule is CCn1nc(C)c(C(C)Nc2ccc(Cl)cc2F)c1C. The van der Waals surface area contributed by atoms with Crippen molar-refractivity contribution < 1.29 is 4.39 Å². The highest BCUT2D eigenvalue weighted by molar-refractivity contribution is 6.30. The molecule has 1 heterocycles. The molecule has 0 aliphatic carbocycles. The van der Waals surface area contributed by atoms with E-state index in [-0.39, 0.29) is 11.9 Å². The molecular formula is C15H19ClFN3. The molecule has 0 aliphatic rings. The first-order valence-electron chi connectivity index (χ1n) is 6.69. The van der Waals surface area contributed by atoms with Gasteiger partial charge in [-0.1, -0.05) is 11.6 Å². The van der Waals surface area contributed by atoms with Crippen molar-refractivity contribution in [1.82, 2.24) is 9.78 Å². The van der Waals surface area contributed by atoms with Crippen LogP contribution in [0.3, 0.4) is 0 Å². The van der Waals surface area contributed by atoms with Crippen LogP contribution in [-0.4, -0.2) is 9.78 Å². The van der Waals surface area contributed by atoms with E-state index in [0.717, 1.165) is 23.5 Å². The van der Waals surface area contributed by atoms with Gasteiger partial charge in [-0.2, -0.15) is 5.10 Å². The molecule has 3 nitrogen and oxygen atoms in total. The standard InChI is InChI=1S/C15H19ClFN3/c1-5-20-11(4)15(10(3)19-20)9(2)18-14-7-6-12(16)8-13(14)17/h6-9,18H,5H2,1-4H3. The van der Waals surface area contributed by atoms with Crippen molar-refractivity contribution in [3.63, 3.8) is 0 Å². The minimum absolute atomic E-state index is 0.0222. The van der Waals surface area contributed by atoms with Crippen LogP contribution in [0.4, 0.5) is 10.1 Å². The van der Waals surface area contributed by atoms with Gasteiger partial charge in [-0.3, -0.25) is 4.68 Å². The van der Waals surface area contributed by atoms with Gasteiger partial charge in [0.2, 0.25) is 0 Å². The van der Waals surface area contributed by atoms with Crippen molar-refractivity contribution in [2.24, 2.45) is 0 Å². The molecule has 0 aliphatic heterocycles. The molecule has 0 saturated carbocycles. The first kappa shape index (κ1) is 14.9. The molecule has 20 heavy (non-hydrogen) atoms. The molecule has 1 N–H and O–H groups in total. The third kappa shape index (κ3) is 2.80. The fourth-order valence-corrected chi connectivity index (χ4v) is 2.72. The maximum atomic E-state index is 13.8. The summed E-state index contributed by atoms with van der Waals surface area (Å²) >= 11 is 5.76. The Bertz CT molecular complexity index is 622. The minimum Gasteiger partial charge on any atom is -0.376 e. The maximum Gasteiger partial charge on any atom is 0.147 e. The Kier molecular flexibility index (Phi) is 4.33. The fourth-order valence-electron chi connectivity index (χ4n) is 2.56. The van der Waals surface area contributed by atoms with Gasteiger partial charge >= 0.3 is 0 Å². The minimum atomic E-state index is -0.345. The van der Waals surface area contributed by atoms with Crippen LogP contribution in [0.15, 0.2) is 18.2 Å². The Morgan fingerprint density at radius 1 is 1.40 bits per heavy atom. The first-order chi connectivity index (χ1) is 9.43. The normalized spacial score (nSPS) is 12.5. The molecule has 108 valence electrons. The summed E-state index contributed by atoms with van der Waals surface area (Å²) in [4.78, 5) is 0. The lowest BCUT2D eigenvalue weighted by Gasteiger charge is -2.17. The molecular weight excluding hydrogens is 277 g/mol. The van der Waals surface area contributed by atoms with Crippen LogP contribution in [0.2, 0.25) is 5.02 Å². The van der Waals surface area contributed by atoms with Gasteiger partial charge in [0.1, 0.15) is 5.82 Å². The summed E-state index contributed by atoms with van der Waals surface area (Å²) < 4.78 is 15.8. The van der Waals surface area contributed by atoms with E-state index < -0.39 is 0 Å². The summed E-state index contributed by atoms with van der Waals surface area (Å²) in [5.74, 6) is -0.345. The van der Waals surface area contributed by atoms with E-state index in [2.05, 4.69) is 17.3 Å².